The first-order valence-electron chi connectivity index (χ1n) is 5.92. The molecule has 2 aromatic carbocycles. The van der Waals surface area contributed by atoms with Gasteiger partial charge in [0.25, 0.3) is 0 Å². The molecule has 0 radical (unpaired) electrons. The largest absolute Gasteiger partial charge is 0.418 e. The summed E-state index contributed by atoms with van der Waals surface area (Å²) in [6.45, 7) is 0. The highest BCUT2D eigenvalue weighted by Gasteiger charge is 2.33. The molecule has 3 nitrogen and oxygen atoms in total. The second-order valence-corrected chi connectivity index (χ2v) is 4.27. The molecule has 0 saturated heterocycles. The number of para-hydroxylation sites is 3. The summed E-state index contributed by atoms with van der Waals surface area (Å²) in [6, 6.07) is 12.5. The summed E-state index contributed by atoms with van der Waals surface area (Å²) in [5, 5.41) is 2.68. The van der Waals surface area contributed by atoms with Crippen LogP contribution >= 0.6 is 0 Å². The van der Waals surface area contributed by atoms with Crippen molar-refractivity contribution in [1.29, 1.82) is 0 Å². The molecule has 3 rings (SSSR count). The second kappa shape index (κ2) is 4.56. The van der Waals surface area contributed by atoms with Crippen molar-refractivity contribution in [2.24, 2.45) is 0 Å². The van der Waals surface area contributed by atoms with Crippen LogP contribution in [-0.2, 0) is 6.18 Å². The molecule has 102 valence electrons. The Hall–Kier alpha value is -2.50. The Morgan fingerprint density at radius 1 is 0.950 bits per heavy atom. The normalized spacial score (nSPS) is 11.8. The molecule has 0 aliphatic carbocycles. The molecule has 0 atom stereocenters. The predicted octanol–water partition coefficient (Wildman–Crippen LogP) is 4.33. The topological polar surface area (TPSA) is 40.7 Å². The minimum Gasteiger partial charge on any atom is -0.325 e. The molecule has 0 fully saturated rings. The van der Waals surface area contributed by atoms with Crippen molar-refractivity contribution in [1.82, 2.24) is 9.97 Å². The van der Waals surface area contributed by atoms with Crippen LogP contribution in [0.5, 0.6) is 0 Å². The Morgan fingerprint density at radius 3 is 2.40 bits per heavy atom. The lowest BCUT2D eigenvalue weighted by Gasteiger charge is -2.12. The molecule has 1 heterocycles. The smallest absolute Gasteiger partial charge is 0.325 e. The van der Waals surface area contributed by atoms with Gasteiger partial charge in [-0.3, -0.25) is 0 Å². The maximum atomic E-state index is 12.9. The number of nitrogens with one attached hydrogen (secondary N) is 2. The Balaban J connectivity index is 1.99. The van der Waals surface area contributed by atoms with Gasteiger partial charge in [0.15, 0.2) is 0 Å². The number of alkyl halides is 3. The van der Waals surface area contributed by atoms with Crippen LogP contribution in [0.25, 0.3) is 11.0 Å². The standard InChI is InChI=1S/C14H10F3N3/c15-14(16,17)9-5-1-2-6-10(9)18-13-19-11-7-3-4-8-12(11)20-13/h1-8H,(H2,18,19,20). The van der Waals surface area contributed by atoms with E-state index in [1.807, 2.05) is 18.2 Å². The van der Waals surface area contributed by atoms with Crippen LogP contribution < -0.4 is 5.32 Å². The highest BCUT2D eigenvalue weighted by Crippen LogP contribution is 2.35. The molecule has 0 spiro atoms. The van der Waals surface area contributed by atoms with Crippen LogP contribution in [0.1, 0.15) is 5.56 Å². The van der Waals surface area contributed by atoms with Gasteiger partial charge in [0.1, 0.15) is 0 Å². The van der Waals surface area contributed by atoms with Crippen LogP contribution in [0.2, 0.25) is 0 Å². The maximum Gasteiger partial charge on any atom is 0.418 e. The van der Waals surface area contributed by atoms with Gasteiger partial charge in [-0.05, 0) is 24.3 Å². The Morgan fingerprint density at radius 2 is 1.65 bits per heavy atom. The molecule has 0 unspecified atom stereocenters. The van der Waals surface area contributed by atoms with E-state index in [4.69, 9.17) is 0 Å². The number of rotatable bonds is 2. The van der Waals surface area contributed by atoms with Crippen molar-refractivity contribution in [3.63, 3.8) is 0 Å². The molecule has 0 saturated carbocycles. The number of benzene rings is 2. The van der Waals surface area contributed by atoms with E-state index in [0.29, 0.717) is 5.52 Å². The lowest BCUT2D eigenvalue weighted by Crippen LogP contribution is -2.08. The van der Waals surface area contributed by atoms with Crippen molar-refractivity contribution >= 4 is 22.7 Å². The van der Waals surface area contributed by atoms with Gasteiger partial charge >= 0.3 is 6.18 Å². The van der Waals surface area contributed by atoms with Gasteiger partial charge in [-0.2, -0.15) is 13.2 Å². The number of anilines is 2. The summed E-state index contributed by atoms with van der Waals surface area (Å²) in [6.07, 6.45) is -4.41. The molecular formula is C14H10F3N3. The summed E-state index contributed by atoms with van der Waals surface area (Å²) < 4.78 is 38.7. The number of aromatic nitrogens is 2. The van der Waals surface area contributed by atoms with E-state index in [1.165, 1.54) is 12.1 Å². The summed E-state index contributed by atoms with van der Waals surface area (Å²) in [4.78, 5) is 7.13. The zero-order chi connectivity index (χ0) is 14.2. The van der Waals surface area contributed by atoms with Gasteiger partial charge in [0, 0.05) is 0 Å². The summed E-state index contributed by atoms with van der Waals surface area (Å²) >= 11 is 0. The van der Waals surface area contributed by atoms with E-state index in [1.54, 1.807) is 12.1 Å². The van der Waals surface area contributed by atoms with Crippen molar-refractivity contribution < 1.29 is 13.2 Å². The van der Waals surface area contributed by atoms with Crippen LogP contribution in [0.3, 0.4) is 0 Å². The highest BCUT2D eigenvalue weighted by atomic mass is 19.4. The van der Waals surface area contributed by atoms with Crippen molar-refractivity contribution in [2.75, 3.05) is 5.32 Å². The highest BCUT2D eigenvalue weighted by molar-refractivity contribution is 5.78. The van der Waals surface area contributed by atoms with E-state index >= 15 is 0 Å². The Labute approximate surface area is 112 Å². The fourth-order valence-electron chi connectivity index (χ4n) is 1.98. The zero-order valence-corrected chi connectivity index (χ0v) is 10.2. The monoisotopic (exact) mass is 277 g/mol. The average Bonchev–Trinajstić information content (AvgIpc) is 2.80. The SMILES string of the molecule is FC(F)(F)c1ccccc1Nc1nc2ccccc2[nH]1. The van der Waals surface area contributed by atoms with Crippen LogP contribution in [-0.4, -0.2) is 9.97 Å². The van der Waals surface area contributed by atoms with Gasteiger partial charge < -0.3 is 10.3 Å². The molecular weight excluding hydrogens is 267 g/mol. The van der Waals surface area contributed by atoms with E-state index in [9.17, 15) is 13.2 Å². The number of nitrogens with zero attached hydrogens (tertiary/aromatic N) is 1. The predicted molar refractivity (Wildman–Crippen MR) is 70.8 cm³/mol. The number of halogens is 3. The van der Waals surface area contributed by atoms with Crippen LogP contribution in [0.15, 0.2) is 48.5 Å². The van der Waals surface area contributed by atoms with E-state index in [-0.39, 0.29) is 11.6 Å². The number of H-pyrrole nitrogens is 1. The third-order valence-electron chi connectivity index (χ3n) is 2.87. The summed E-state index contributed by atoms with van der Waals surface area (Å²) in [5.74, 6) is 0.280. The third kappa shape index (κ3) is 2.32. The summed E-state index contributed by atoms with van der Waals surface area (Å²) in [5.41, 5.74) is 0.707. The van der Waals surface area contributed by atoms with Gasteiger partial charge in [0.2, 0.25) is 5.95 Å². The molecule has 3 aromatic rings. The van der Waals surface area contributed by atoms with Crippen LogP contribution in [0, 0.1) is 0 Å². The first-order chi connectivity index (χ1) is 9.54. The van der Waals surface area contributed by atoms with Gasteiger partial charge in [-0.1, -0.05) is 24.3 Å². The second-order valence-electron chi connectivity index (χ2n) is 4.27. The first kappa shape index (κ1) is 12.5. The Bertz CT molecular complexity index is 714. The lowest BCUT2D eigenvalue weighted by molar-refractivity contribution is -0.136. The quantitative estimate of drug-likeness (QED) is 0.732. The Kier molecular flexibility index (Phi) is 2.85. The lowest BCUT2D eigenvalue weighted by atomic mass is 10.1. The number of hydrogen-bond donors (Lipinski definition) is 2. The fraction of sp³-hybridized carbons (Fsp3) is 0.0714. The molecule has 0 aliphatic heterocycles. The van der Waals surface area contributed by atoms with Gasteiger partial charge in [0.05, 0.1) is 22.3 Å². The molecule has 6 heteroatoms. The van der Waals surface area contributed by atoms with Crippen molar-refractivity contribution in [2.45, 2.75) is 6.18 Å². The molecule has 1 aromatic heterocycles. The molecule has 0 aliphatic rings. The minimum atomic E-state index is -4.41. The first-order valence-corrected chi connectivity index (χ1v) is 5.92. The molecule has 0 amide bonds. The number of aromatic amines is 1. The summed E-state index contributed by atoms with van der Waals surface area (Å²) in [7, 11) is 0. The van der Waals surface area contributed by atoms with Crippen molar-refractivity contribution in [3.05, 3.63) is 54.1 Å². The zero-order valence-electron chi connectivity index (χ0n) is 10.2. The molecule has 0 bridgehead atoms. The van der Waals surface area contributed by atoms with E-state index in [2.05, 4.69) is 15.3 Å². The van der Waals surface area contributed by atoms with Gasteiger partial charge in [-0.25, -0.2) is 4.98 Å². The van der Waals surface area contributed by atoms with E-state index in [0.717, 1.165) is 11.6 Å². The third-order valence-corrected chi connectivity index (χ3v) is 2.87. The average molecular weight is 277 g/mol. The maximum absolute atomic E-state index is 12.9. The fourth-order valence-corrected chi connectivity index (χ4v) is 1.98. The molecule has 2 N–H and O–H groups in total. The number of fused-ring (bicyclic) bond motifs is 1. The minimum absolute atomic E-state index is 0.0287. The van der Waals surface area contributed by atoms with Crippen molar-refractivity contribution in [3.8, 4) is 0 Å². The van der Waals surface area contributed by atoms with Crippen LogP contribution in [0.4, 0.5) is 24.8 Å². The molecule has 20 heavy (non-hydrogen) atoms. The number of hydrogen-bond acceptors (Lipinski definition) is 2. The van der Waals surface area contributed by atoms with Gasteiger partial charge in [-0.15, -0.1) is 0 Å². The number of imidazole rings is 1. The van der Waals surface area contributed by atoms with E-state index < -0.39 is 11.7 Å².